The van der Waals surface area contributed by atoms with Crippen molar-refractivity contribution in [2.45, 2.75) is 0 Å². The molecule has 2 N–H and O–H groups in total. The van der Waals surface area contributed by atoms with Crippen LogP contribution in [0.2, 0.25) is 5.02 Å². The normalized spacial score (nSPS) is 10.4. The Morgan fingerprint density at radius 1 is 1.17 bits per heavy atom. The van der Waals surface area contributed by atoms with Gasteiger partial charge in [0.2, 0.25) is 5.91 Å². The molecule has 0 aliphatic heterocycles. The van der Waals surface area contributed by atoms with Gasteiger partial charge in [-0.2, -0.15) is 0 Å². The van der Waals surface area contributed by atoms with E-state index in [-0.39, 0.29) is 16.5 Å². The van der Waals surface area contributed by atoms with Gasteiger partial charge < -0.3 is 5.32 Å². The van der Waals surface area contributed by atoms with Gasteiger partial charge in [0.1, 0.15) is 5.69 Å². The Hall–Kier alpha value is -2.77. The number of rotatable bonds is 4. The maximum Gasteiger partial charge on any atom is 0.292 e. The molecule has 0 atom stereocenters. The summed E-state index contributed by atoms with van der Waals surface area (Å²) in [7, 11) is 0. The summed E-state index contributed by atoms with van der Waals surface area (Å²) >= 11 is 10.8. The first-order chi connectivity index (χ1) is 11.5. The van der Waals surface area contributed by atoms with Gasteiger partial charge in [-0.25, -0.2) is 0 Å². The molecule has 0 bridgehead atoms. The van der Waals surface area contributed by atoms with E-state index in [9.17, 15) is 14.9 Å². The fraction of sp³-hybridized carbons (Fsp3) is 0. The number of nitro benzene ring substituents is 1. The number of hydrogen-bond donors (Lipinski definition) is 2. The second kappa shape index (κ2) is 8.19. The average molecular weight is 362 g/mol. The Bertz CT molecular complexity index is 806. The molecule has 0 fully saturated rings. The molecule has 0 saturated heterocycles. The van der Waals surface area contributed by atoms with Crippen molar-refractivity contribution < 1.29 is 9.72 Å². The molecule has 24 heavy (non-hydrogen) atoms. The van der Waals surface area contributed by atoms with Crippen molar-refractivity contribution in [3.63, 3.8) is 0 Å². The largest absolute Gasteiger partial charge is 0.327 e. The van der Waals surface area contributed by atoms with Crippen molar-refractivity contribution in [3.8, 4) is 0 Å². The summed E-state index contributed by atoms with van der Waals surface area (Å²) in [5, 5.41) is 16.6. The van der Waals surface area contributed by atoms with Crippen LogP contribution in [-0.4, -0.2) is 15.9 Å². The number of hydrogen-bond acceptors (Lipinski definition) is 4. The van der Waals surface area contributed by atoms with E-state index in [1.165, 1.54) is 18.2 Å². The summed E-state index contributed by atoms with van der Waals surface area (Å²) in [4.78, 5) is 22.2. The summed E-state index contributed by atoms with van der Waals surface area (Å²) in [6.07, 6.45) is 2.90. The van der Waals surface area contributed by atoms with Gasteiger partial charge in [0.05, 0.1) is 4.92 Å². The lowest BCUT2D eigenvalue weighted by Gasteiger charge is -2.08. The van der Waals surface area contributed by atoms with Gasteiger partial charge in [0.15, 0.2) is 5.11 Å². The monoisotopic (exact) mass is 361 g/mol. The molecule has 0 aliphatic rings. The molecule has 0 spiro atoms. The zero-order valence-corrected chi connectivity index (χ0v) is 13.8. The van der Waals surface area contributed by atoms with Crippen molar-refractivity contribution in [3.05, 3.63) is 75.3 Å². The highest BCUT2D eigenvalue weighted by Gasteiger charge is 2.13. The molecule has 0 saturated carbocycles. The number of benzene rings is 2. The van der Waals surface area contributed by atoms with Crippen LogP contribution < -0.4 is 10.6 Å². The summed E-state index contributed by atoms with van der Waals surface area (Å²) < 4.78 is 0. The molecule has 0 unspecified atom stereocenters. The van der Waals surface area contributed by atoms with Gasteiger partial charge in [-0.3, -0.25) is 20.2 Å². The number of amides is 1. The Morgan fingerprint density at radius 3 is 2.50 bits per heavy atom. The first-order valence-electron chi connectivity index (χ1n) is 6.75. The SMILES string of the molecule is O=C(/C=C/c1ccc(Cl)cc1)NC(=S)Nc1ccccc1[N+](=O)[O-]. The maximum atomic E-state index is 11.8. The van der Waals surface area contributed by atoms with E-state index in [2.05, 4.69) is 10.6 Å². The van der Waals surface area contributed by atoms with E-state index in [4.69, 9.17) is 23.8 Å². The molecule has 2 rings (SSSR count). The Labute approximate surface area is 148 Å². The van der Waals surface area contributed by atoms with E-state index in [0.717, 1.165) is 5.56 Å². The van der Waals surface area contributed by atoms with E-state index in [1.807, 2.05) is 0 Å². The first-order valence-corrected chi connectivity index (χ1v) is 7.53. The fourth-order valence-electron chi connectivity index (χ4n) is 1.79. The standard InChI is InChI=1S/C16H12ClN3O3S/c17-12-8-5-11(6-9-12)7-10-15(21)19-16(24)18-13-3-1-2-4-14(13)20(22)23/h1-10H,(H2,18,19,21,24)/b10-7+. The summed E-state index contributed by atoms with van der Waals surface area (Å²) in [6, 6.07) is 12.9. The number of anilines is 1. The zero-order valence-electron chi connectivity index (χ0n) is 12.2. The number of carbonyl (C=O) groups excluding carboxylic acids is 1. The van der Waals surface area contributed by atoms with E-state index in [0.29, 0.717) is 5.02 Å². The van der Waals surface area contributed by atoms with Crippen LogP contribution in [0.15, 0.2) is 54.6 Å². The lowest BCUT2D eigenvalue weighted by molar-refractivity contribution is -0.383. The Morgan fingerprint density at radius 2 is 1.83 bits per heavy atom. The molecule has 2 aromatic rings. The molecule has 1 amide bonds. The van der Waals surface area contributed by atoms with Crippen LogP contribution in [0.4, 0.5) is 11.4 Å². The number of thiocarbonyl (C=S) groups is 1. The molecule has 8 heteroatoms. The highest BCUT2D eigenvalue weighted by molar-refractivity contribution is 7.80. The second-order valence-corrected chi connectivity index (χ2v) is 5.45. The molecule has 0 aliphatic carbocycles. The van der Waals surface area contributed by atoms with Crippen LogP contribution in [0.5, 0.6) is 0 Å². The third-order valence-corrected chi connectivity index (χ3v) is 3.34. The number of nitrogens with one attached hydrogen (secondary N) is 2. The predicted molar refractivity (Wildman–Crippen MR) is 97.9 cm³/mol. The van der Waals surface area contributed by atoms with Crippen LogP contribution in [0.25, 0.3) is 6.08 Å². The van der Waals surface area contributed by atoms with Gasteiger partial charge in [0.25, 0.3) is 5.69 Å². The average Bonchev–Trinajstić information content (AvgIpc) is 2.54. The molecule has 0 radical (unpaired) electrons. The van der Waals surface area contributed by atoms with Crippen molar-refractivity contribution >= 4 is 52.3 Å². The minimum atomic E-state index is -0.535. The van der Waals surface area contributed by atoms with Crippen LogP contribution in [-0.2, 0) is 4.79 Å². The maximum absolute atomic E-state index is 11.8. The van der Waals surface area contributed by atoms with Gasteiger partial charge in [-0.1, -0.05) is 35.9 Å². The smallest absolute Gasteiger partial charge is 0.292 e. The van der Waals surface area contributed by atoms with Gasteiger partial charge >= 0.3 is 0 Å². The van der Waals surface area contributed by atoms with Crippen LogP contribution in [0.3, 0.4) is 0 Å². The van der Waals surface area contributed by atoms with E-state index in [1.54, 1.807) is 42.5 Å². The molecule has 6 nitrogen and oxygen atoms in total. The van der Waals surface area contributed by atoms with E-state index >= 15 is 0 Å². The van der Waals surface area contributed by atoms with Crippen molar-refractivity contribution in [2.75, 3.05) is 5.32 Å². The summed E-state index contributed by atoms with van der Waals surface area (Å²) in [6.45, 7) is 0. The molecular weight excluding hydrogens is 350 g/mol. The lowest BCUT2D eigenvalue weighted by atomic mass is 10.2. The van der Waals surface area contributed by atoms with Gasteiger partial charge in [0, 0.05) is 17.2 Å². The van der Waals surface area contributed by atoms with Crippen molar-refractivity contribution in [1.29, 1.82) is 0 Å². The number of nitrogens with zero attached hydrogens (tertiary/aromatic N) is 1. The molecule has 2 aromatic carbocycles. The summed E-state index contributed by atoms with van der Waals surface area (Å²) in [5.41, 5.74) is 0.868. The summed E-state index contributed by atoms with van der Waals surface area (Å²) in [5.74, 6) is -0.457. The topological polar surface area (TPSA) is 84.3 Å². The zero-order chi connectivity index (χ0) is 17.5. The van der Waals surface area contributed by atoms with Gasteiger partial charge in [-0.15, -0.1) is 0 Å². The molecule has 0 aromatic heterocycles. The van der Waals surface area contributed by atoms with E-state index < -0.39 is 10.8 Å². The third kappa shape index (κ3) is 5.15. The highest BCUT2D eigenvalue weighted by Crippen LogP contribution is 2.22. The Balaban J connectivity index is 1.96. The number of carbonyl (C=O) groups is 1. The Kier molecular flexibility index (Phi) is 6.00. The van der Waals surface area contributed by atoms with Gasteiger partial charge in [-0.05, 0) is 42.1 Å². The number of nitro groups is 1. The van der Waals surface area contributed by atoms with Crippen LogP contribution >= 0.6 is 23.8 Å². The predicted octanol–water partition coefficient (Wildman–Crippen LogP) is 3.77. The lowest BCUT2D eigenvalue weighted by Crippen LogP contribution is -2.33. The third-order valence-electron chi connectivity index (χ3n) is 2.88. The molecular formula is C16H12ClN3O3S. The first kappa shape index (κ1) is 17.6. The second-order valence-electron chi connectivity index (χ2n) is 4.60. The fourth-order valence-corrected chi connectivity index (χ4v) is 2.13. The highest BCUT2D eigenvalue weighted by atomic mass is 35.5. The van der Waals surface area contributed by atoms with Crippen LogP contribution in [0, 0.1) is 10.1 Å². The minimum Gasteiger partial charge on any atom is -0.327 e. The van der Waals surface area contributed by atoms with Crippen LogP contribution in [0.1, 0.15) is 5.56 Å². The molecule has 122 valence electrons. The number of para-hydroxylation sites is 2. The van der Waals surface area contributed by atoms with Crippen molar-refractivity contribution in [1.82, 2.24) is 5.32 Å². The number of halogens is 1. The quantitative estimate of drug-likeness (QED) is 0.375. The molecule has 0 heterocycles. The van der Waals surface area contributed by atoms with Crippen molar-refractivity contribution in [2.24, 2.45) is 0 Å². The minimum absolute atomic E-state index is 0.0324.